The zero-order valence-corrected chi connectivity index (χ0v) is 20.2. The van der Waals surface area contributed by atoms with Crippen molar-refractivity contribution >= 4 is 34.1 Å². The first-order valence-corrected chi connectivity index (χ1v) is 11.9. The number of carbonyl (C=O) groups excluding carboxylic acids is 1. The van der Waals surface area contributed by atoms with E-state index >= 15 is 0 Å². The number of aromatic nitrogens is 1. The predicted molar refractivity (Wildman–Crippen MR) is 139 cm³/mol. The molecule has 1 unspecified atom stereocenters. The summed E-state index contributed by atoms with van der Waals surface area (Å²) in [6.07, 6.45) is 0.393. The van der Waals surface area contributed by atoms with Crippen LogP contribution in [0.2, 0.25) is 5.02 Å². The number of ether oxygens (including phenoxy) is 1. The van der Waals surface area contributed by atoms with Crippen molar-refractivity contribution in [1.29, 1.82) is 0 Å². The molecule has 7 heteroatoms. The van der Waals surface area contributed by atoms with Gasteiger partial charge in [-0.2, -0.15) is 5.10 Å². The van der Waals surface area contributed by atoms with Crippen molar-refractivity contribution in [1.82, 2.24) is 9.99 Å². The number of pyridine rings is 1. The SMILES string of the molecule is CCOc1cccc(C2CC(c3c(-c4ccccc4)c4cc(Cl)ccc4[nH]c3=O)=NN2C(C)=O)c1. The Morgan fingerprint density at radius 1 is 1.09 bits per heavy atom. The maximum atomic E-state index is 13.5. The first-order chi connectivity index (χ1) is 17.0. The van der Waals surface area contributed by atoms with Crippen molar-refractivity contribution in [3.05, 3.63) is 99.3 Å². The van der Waals surface area contributed by atoms with Crippen molar-refractivity contribution in [2.45, 2.75) is 26.3 Å². The predicted octanol–water partition coefficient (Wildman–Crippen LogP) is 5.94. The lowest BCUT2D eigenvalue weighted by Gasteiger charge is -2.21. The average molecular weight is 486 g/mol. The van der Waals surface area contributed by atoms with Gasteiger partial charge in [-0.15, -0.1) is 0 Å². The first kappa shape index (κ1) is 22.9. The Hall–Kier alpha value is -3.90. The van der Waals surface area contributed by atoms with Gasteiger partial charge in [0.25, 0.3) is 5.56 Å². The number of nitrogens with zero attached hydrogens (tertiary/aromatic N) is 2. The van der Waals surface area contributed by atoms with Gasteiger partial charge in [0.2, 0.25) is 5.91 Å². The minimum absolute atomic E-state index is 0.201. The molecule has 1 aliphatic rings. The summed E-state index contributed by atoms with van der Waals surface area (Å²) in [4.78, 5) is 29.0. The van der Waals surface area contributed by atoms with E-state index in [-0.39, 0.29) is 17.5 Å². The van der Waals surface area contributed by atoms with Crippen LogP contribution in [0.1, 0.15) is 37.4 Å². The van der Waals surface area contributed by atoms with Crippen LogP contribution in [0.25, 0.3) is 22.0 Å². The van der Waals surface area contributed by atoms with Gasteiger partial charge >= 0.3 is 0 Å². The van der Waals surface area contributed by atoms with Gasteiger partial charge in [0.05, 0.1) is 23.9 Å². The van der Waals surface area contributed by atoms with Crippen LogP contribution in [0.15, 0.2) is 82.7 Å². The Labute approximate surface area is 207 Å². The summed E-state index contributed by atoms with van der Waals surface area (Å²) >= 11 is 6.35. The van der Waals surface area contributed by atoms with E-state index in [1.165, 1.54) is 11.9 Å². The number of halogens is 1. The van der Waals surface area contributed by atoms with Crippen molar-refractivity contribution < 1.29 is 9.53 Å². The maximum absolute atomic E-state index is 13.5. The van der Waals surface area contributed by atoms with E-state index in [2.05, 4.69) is 10.1 Å². The molecular weight excluding hydrogens is 462 g/mol. The highest BCUT2D eigenvalue weighted by atomic mass is 35.5. The number of hydrogen-bond donors (Lipinski definition) is 1. The van der Waals surface area contributed by atoms with Gasteiger partial charge in [0, 0.05) is 34.8 Å². The largest absolute Gasteiger partial charge is 0.494 e. The number of amides is 1. The van der Waals surface area contributed by atoms with Gasteiger partial charge in [-0.3, -0.25) is 9.59 Å². The molecule has 3 aromatic carbocycles. The van der Waals surface area contributed by atoms with Crippen LogP contribution in [0.3, 0.4) is 0 Å². The molecule has 1 amide bonds. The van der Waals surface area contributed by atoms with Crippen LogP contribution < -0.4 is 10.3 Å². The zero-order chi connectivity index (χ0) is 24.5. The minimum Gasteiger partial charge on any atom is -0.494 e. The Kier molecular flexibility index (Phi) is 6.14. The highest BCUT2D eigenvalue weighted by Crippen LogP contribution is 2.38. The van der Waals surface area contributed by atoms with E-state index < -0.39 is 0 Å². The van der Waals surface area contributed by atoms with Crippen molar-refractivity contribution in [2.24, 2.45) is 5.10 Å². The molecular formula is C28H24ClN3O3. The number of hydrogen-bond acceptors (Lipinski definition) is 4. The maximum Gasteiger partial charge on any atom is 0.258 e. The molecule has 4 aromatic rings. The van der Waals surface area contributed by atoms with E-state index in [1.54, 1.807) is 12.1 Å². The van der Waals surface area contributed by atoms with Gasteiger partial charge in [0.15, 0.2) is 0 Å². The Morgan fingerprint density at radius 2 is 1.89 bits per heavy atom. The molecule has 0 fully saturated rings. The molecule has 0 bridgehead atoms. The molecule has 5 rings (SSSR count). The minimum atomic E-state index is -0.346. The fourth-order valence-electron chi connectivity index (χ4n) is 4.63. The first-order valence-electron chi connectivity index (χ1n) is 11.5. The fraction of sp³-hybridized carbons (Fsp3) is 0.179. The molecule has 1 aliphatic heterocycles. The number of aromatic amines is 1. The molecule has 1 aromatic heterocycles. The summed E-state index contributed by atoms with van der Waals surface area (Å²) < 4.78 is 5.66. The van der Waals surface area contributed by atoms with E-state index in [1.807, 2.05) is 67.6 Å². The average Bonchev–Trinajstić information content (AvgIpc) is 3.30. The van der Waals surface area contributed by atoms with Gasteiger partial charge in [-0.25, -0.2) is 5.01 Å². The number of hydrazone groups is 1. The van der Waals surface area contributed by atoms with E-state index in [0.717, 1.165) is 27.8 Å². The molecule has 0 saturated carbocycles. The van der Waals surface area contributed by atoms with Crippen LogP contribution in [0.4, 0.5) is 0 Å². The lowest BCUT2D eigenvalue weighted by Crippen LogP contribution is -2.24. The van der Waals surface area contributed by atoms with Crippen molar-refractivity contribution in [3.63, 3.8) is 0 Å². The van der Waals surface area contributed by atoms with Gasteiger partial charge in [-0.05, 0) is 48.4 Å². The summed E-state index contributed by atoms with van der Waals surface area (Å²) in [5, 5.41) is 7.51. The number of rotatable bonds is 5. The normalized spacial score (nSPS) is 15.3. The standard InChI is InChI=1S/C28H24ClN3O3/c1-3-35-21-11-7-10-19(14-21)25-16-24(31-32(25)17(2)33)27-26(18-8-5-4-6-9-18)22-15-20(29)12-13-23(22)30-28(27)34/h4-15,25H,3,16H2,1-2H3,(H,30,34). The quantitative estimate of drug-likeness (QED) is 0.380. The molecule has 2 heterocycles. The topological polar surface area (TPSA) is 74.8 Å². The van der Waals surface area contributed by atoms with Crippen molar-refractivity contribution in [2.75, 3.05) is 6.61 Å². The second kappa shape index (κ2) is 9.39. The van der Waals surface area contributed by atoms with E-state index in [0.29, 0.717) is 34.8 Å². The number of H-pyrrole nitrogens is 1. The van der Waals surface area contributed by atoms with Crippen LogP contribution in [-0.2, 0) is 4.79 Å². The third-order valence-electron chi connectivity index (χ3n) is 6.11. The Bertz CT molecular complexity index is 1510. The third kappa shape index (κ3) is 4.33. The highest BCUT2D eigenvalue weighted by Gasteiger charge is 2.34. The second-order valence-corrected chi connectivity index (χ2v) is 8.83. The van der Waals surface area contributed by atoms with E-state index in [4.69, 9.17) is 16.3 Å². The number of fused-ring (bicyclic) bond motifs is 1. The molecule has 0 saturated heterocycles. The molecule has 1 atom stereocenters. The molecule has 0 radical (unpaired) electrons. The molecule has 6 nitrogen and oxygen atoms in total. The van der Waals surface area contributed by atoms with Gasteiger partial charge < -0.3 is 9.72 Å². The van der Waals surface area contributed by atoms with Gasteiger partial charge in [-0.1, -0.05) is 54.1 Å². The highest BCUT2D eigenvalue weighted by molar-refractivity contribution is 6.31. The summed E-state index contributed by atoms with van der Waals surface area (Å²) in [7, 11) is 0. The smallest absolute Gasteiger partial charge is 0.258 e. The monoisotopic (exact) mass is 485 g/mol. The number of carbonyl (C=O) groups is 1. The fourth-order valence-corrected chi connectivity index (χ4v) is 4.81. The Morgan fingerprint density at radius 3 is 2.63 bits per heavy atom. The summed E-state index contributed by atoms with van der Waals surface area (Å²) in [6, 6.07) is 22.4. The summed E-state index contributed by atoms with van der Waals surface area (Å²) in [5.74, 6) is 0.526. The number of nitrogens with one attached hydrogen (secondary N) is 1. The number of benzene rings is 3. The summed E-state index contributed by atoms with van der Waals surface area (Å²) in [6.45, 7) is 3.95. The summed E-state index contributed by atoms with van der Waals surface area (Å²) in [5.41, 5.74) is 3.94. The lowest BCUT2D eigenvalue weighted by molar-refractivity contribution is -0.130. The van der Waals surface area contributed by atoms with Crippen molar-refractivity contribution in [3.8, 4) is 16.9 Å². The lowest BCUT2D eigenvalue weighted by atomic mass is 9.91. The van der Waals surface area contributed by atoms with Crippen LogP contribution in [-0.4, -0.2) is 28.2 Å². The zero-order valence-electron chi connectivity index (χ0n) is 19.4. The molecule has 0 aliphatic carbocycles. The Balaban J connectivity index is 1.70. The van der Waals surface area contributed by atoms with Crippen LogP contribution in [0.5, 0.6) is 5.75 Å². The molecule has 0 spiro atoms. The van der Waals surface area contributed by atoms with Gasteiger partial charge in [0.1, 0.15) is 5.75 Å². The molecule has 35 heavy (non-hydrogen) atoms. The third-order valence-corrected chi connectivity index (χ3v) is 6.35. The van der Waals surface area contributed by atoms with Crippen LogP contribution in [0, 0.1) is 0 Å². The van der Waals surface area contributed by atoms with Crippen LogP contribution >= 0.6 is 11.6 Å². The molecule has 1 N–H and O–H groups in total. The molecule has 176 valence electrons. The van der Waals surface area contributed by atoms with E-state index in [9.17, 15) is 9.59 Å². The second-order valence-electron chi connectivity index (χ2n) is 8.40.